The number of benzene rings is 8. The molecule has 0 amide bonds. The summed E-state index contributed by atoms with van der Waals surface area (Å²) < 4.78 is 23.4. The molecule has 0 atom stereocenters. The number of ether oxygens (including phenoxy) is 4. The number of hydrogen-bond donors (Lipinski definition) is 4. The predicted molar refractivity (Wildman–Crippen MR) is 464 cm³/mol. The highest BCUT2D eigenvalue weighted by Crippen LogP contribution is 2.38. The van der Waals surface area contributed by atoms with E-state index in [-0.39, 0.29) is 0 Å². The second kappa shape index (κ2) is 37.4. The van der Waals surface area contributed by atoms with Gasteiger partial charge in [0.15, 0.2) is 22.6 Å². The second-order valence-electron chi connectivity index (χ2n) is 31.0. The molecular weight excluding hydrogens is 1430 g/mol. The Hall–Kier alpha value is -12.8. The monoisotopic (exact) mass is 1530 g/mol. The Bertz CT molecular complexity index is 5410. The minimum atomic E-state index is 0.552. The number of imidazole rings is 4. The number of fused-ring (bicyclic) bond motifs is 4. The molecule has 8 heterocycles. The second-order valence-corrected chi connectivity index (χ2v) is 31.0. The zero-order valence-electron chi connectivity index (χ0n) is 65.7. The first-order valence-corrected chi connectivity index (χ1v) is 41.6. The summed E-state index contributed by atoms with van der Waals surface area (Å²) in [6.45, 7) is 2.24. The molecule has 0 spiro atoms. The van der Waals surface area contributed by atoms with Gasteiger partial charge in [0.1, 0.15) is 72.7 Å². The Morgan fingerprint density at radius 2 is 0.638 bits per heavy atom. The van der Waals surface area contributed by atoms with E-state index in [0.717, 1.165) is 154 Å². The fraction of sp³-hybridized carbons (Fsp3) is 0.260. The Balaban J connectivity index is 0.000000111. The van der Waals surface area contributed by atoms with E-state index in [1.165, 1.54) is 132 Å². The van der Waals surface area contributed by atoms with E-state index in [9.17, 15) is 0 Å². The van der Waals surface area contributed by atoms with E-state index in [1.807, 2.05) is 158 Å². The van der Waals surface area contributed by atoms with Gasteiger partial charge in [0.05, 0.1) is 27.8 Å². The number of nitrogens with one attached hydrogen (secondary N) is 4. The van der Waals surface area contributed by atoms with E-state index >= 15 is 0 Å². The van der Waals surface area contributed by atoms with Gasteiger partial charge < -0.3 is 38.9 Å². The summed E-state index contributed by atoms with van der Waals surface area (Å²) >= 11 is 0. The van der Waals surface area contributed by atoms with Crippen molar-refractivity contribution in [3.8, 4) is 68.5 Å². The molecule has 8 aromatic heterocycles. The van der Waals surface area contributed by atoms with Crippen LogP contribution >= 0.6 is 0 Å². The molecule has 16 heteroatoms. The van der Waals surface area contributed by atoms with Crippen molar-refractivity contribution >= 4 is 50.2 Å². The summed E-state index contributed by atoms with van der Waals surface area (Å²) in [5, 5.41) is 0. The number of allylic oxidation sites excluding steroid dienone is 2. The zero-order chi connectivity index (χ0) is 77.9. The summed E-state index contributed by atoms with van der Waals surface area (Å²) in [5.41, 5.74) is 22.2. The summed E-state index contributed by atoms with van der Waals surface area (Å²) in [6, 6.07) is 85.9. The highest BCUT2D eigenvalue weighted by molar-refractivity contribution is 5.81. The third-order valence-corrected chi connectivity index (χ3v) is 22.7. The minimum Gasteiger partial charge on any atom is -0.489 e. The molecule has 0 unspecified atom stereocenters. The van der Waals surface area contributed by atoms with Gasteiger partial charge in [-0.2, -0.15) is 0 Å². The highest BCUT2D eigenvalue weighted by atomic mass is 16.5. The van der Waals surface area contributed by atoms with Crippen LogP contribution in [-0.4, -0.2) is 59.8 Å². The van der Waals surface area contributed by atoms with Crippen molar-refractivity contribution in [3.63, 3.8) is 0 Å². The number of pyridine rings is 4. The smallest absolute Gasteiger partial charge is 0.178 e. The molecule has 4 aliphatic rings. The van der Waals surface area contributed by atoms with Crippen molar-refractivity contribution < 1.29 is 18.9 Å². The highest BCUT2D eigenvalue weighted by Gasteiger charge is 2.22. The molecule has 8 aromatic carbocycles. The Kier molecular flexibility index (Phi) is 24.5. The van der Waals surface area contributed by atoms with E-state index in [2.05, 4.69) is 145 Å². The van der Waals surface area contributed by atoms with Crippen LogP contribution in [0, 0.1) is 0 Å². The molecule has 16 aromatic rings. The van der Waals surface area contributed by atoms with Crippen LogP contribution in [0.1, 0.15) is 185 Å². The van der Waals surface area contributed by atoms with Crippen molar-refractivity contribution in [1.29, 1.82) is 0 Å². The third kappa shape index (κ3) is 19.7. The number of nitrogens with zero attached hydrogens (tertiary/aromatic N) is 8. The van der Waals surface area contributed by atoms with Gasteiger partial charge in [0.2, 0.25) is 0 Å². The van der Waals surface area contributed by atoms with E-state index < -0.39 is 0 Å². The van der Waals surface area contributed by atoms with Crippen LogP contribution in [0.5, 0.6) is 23.0 Å². The third-order valence-electron chi connectivity index (χ3n) is 22.7. The van der Waals surface area contributed by atoms with Crippen LogP contribution < -0.4 is 18.9 Å². The lowest BCUT2D eigenvalue weighted by molar-refractivity contribution is 0.306. The van der Waals surface area contributed by atoms with Gasteiger partial charge in [-0.3, -0.25) is 0 Å². The molecule has 4 N–H and O–H groups in total. The number of hydrogen-bond acceptors (Lipinski definition) is 12. The number of para-hydroxylation sites is 2. The summed E-state index contributed by atoms with van der Waals surface area (Å²) in [5.74, 6) is 8.77. The van der Waals surface area contributed by atoms with Gasteiger partial charge in [-0.1, -0.05) is 209 Å². The van der Waals surface area contributed by atoms with Crippen LogP contribution in [0.3, 0.4) is 0 Å². The molecule has 20 rings (SSSR count). The van der Waals surface area contributed by atoms with Crippen molar-refractivity contribution in [3.05, 3.63) is 318 Å². The number of aromatic amines is 4. The Morgan fingerprint density at radius 3 is 1.05 bits per heavy atom. The minimum absolute atomic E-state index is 0.552. The summed E-state index contributed by atoms with van der Waals surface area (Å²) in [6.07, 6.45) is 30.8. The summed E-state index contributed by atoms with van der Waals surface area (Å²) in [4.78, 5) is 51.5. The van der Waals surface area contributed by atoms with Gasteiger partial charge in [-0.15, -0.1) is 0 Å². The normalized spacial score (nSPS) is 14.7. The molecule has 582 valence electrons. The Labute approximate surface area is 677 Å². The molecule has 0 bridgehead atoms. The lowest BCUT2D eigenvalue weighted by Gasteiger charge is -2.21. The maximum Gasteiger partial charge on any atom is 0.178 e. The van der Waals surface area contributed by atoms with Gasteiger partial charge in [0.25, 0.3) is 0 Å². The molecule has 4 aliphatic carbocycles. The first-order chi connectivity index (χ1) is 57.4. The van der Waals surface area contributed by atoms with Crippen molar-refractivity contribution in [1.82, 2.24) is 59.8 Å². The molecule has 0 saturated heterocycles. The van der Waals surface area contributed by atoms with Gasteiger partial charge >= 0.3 is 0 Å². The maximum absolute atomic E-state index is 5.88. The molecule has 3 fully saturated rings. The van der Waals surface area contributed by atoms with Crippen LogP contribution in [0.15, 0.2) is 273 Å². The van der Waals surface area contributed by atoms with E-state index in [0.29, 0.717) is 44.2 Å². The predicted octanol–water partition coefficient (Wildman–Crippen LogP) is 24.9. The average molecular weight is 1530 g/mol. The van der Waals surface area contributed by atoms with Crippen LogP contribution in [0.2, 0.25) is 0 Å². The standard InChI is InChI=1S/3C25H25N3O.C25H23N3O/c2*1-3-7-19(8-4-1)21-15-23-25(26-16-21)28-24(27-23)20-13-11-18(12-14-20)17-29-22-9-5-2-6-10-22;2*1-3-7-18(8-4-1)17-29-21-13-11-20(12-14-21)24-27-23-16-15-22(26-25(23)28-24)19-9-5-2-6-10-19/h2*2,5-6,9-16,19H,1,3-4,7-8,17H2,(H,26,27,28);1,3-4,7-8,11-16,19H,2,5-6,9-10,17H2,(H,26,27,28);1,3-4,7-9,11-16H,2,5-6,10,17H2,(H,26,27,28). The topological polar surface area (TPSA) is 203 Å². The number of H-pyrrole nitrogens is 4. The molecule has 0 aliphatic heterocycles. The van der Waals surface area contributed by atoms with Gasteiger partial charge in [-0.05, 0) is 224 Å². The molecule has 16 nitrogen and oxygen atoms in total. The SMILES string of the molecule is C1=C(c2ccc3[nH]c(-c4ccc(OCc5ccccc5)cc4)nc3n2)CCCC1.c1ccc(COc2ccc(-c3nc4nc(C5CCCCC5)ccc4[nH]3)cc2)cc1.c1ccc(OCc2ccc(-c3nc4ncc(C5CCCCC5)cc4[nH]3)cc2)cc1.c1ccc(OCc2ccc(-c3nc4ncc(C5CCCCC5)cc4[nH]3)cc2)cc1. The fourth-order valence-corrected chi connectivity index (χ4v) is 16.2. The Morgan fingerprint density at radius 1 is 0.284 bits per heavy atom. The molecule has 116 heavy (non-hydrogen) atoms. The molecule has 0 radical (unpaired) electrons. The van der Waals surface area contributed by atoms with Crippen LogP contribution in [-0.2, 0) is 26.4 Å². The van der Waals surface area contributed by atoms with Crippen molar-refractivity contribution in [2.24, 2.45) is 0 Å². The van der Waals surface area contributed by atoms with Crippen LogP contribution in [0.4, 0.5) is 0 Å². The van der Waals surface area contributed by atoms with Crippen LogP contribution in [0.25, 0.3) is 95.8 Å². The number of rotatable bonds is 20. The lowest BCUT2D eigenvalue weighted by Crippen LogP contribution is -2.06. The number of aromatic nitrogens is 12. The van der Waals surface area contributed by atoms with E-state index in [1.54, 1.807) is 0 Å². The fourth-order valence-electron chi connectivity index (χ4n) is 16.2. The quantitative estimate of drug-likeness (QED) is 0.0563. The van der Waals surface area contributed by atoms with Gasteiger partial charge in [0, 0.05) is 46.3 Å². The maximum atomic E-state index is 5.88. The van der Waals surface area contributed by atoms with Gasteiger partial charge in [-0.25, -0.2) is 39.9 Å². The average Bonchev–Trinajstić information content (AvgIpc) is 1.67. The van der Waals surface area contributed by atoms with E-state index in [4.69, 9.17) is 48.9 Å². The molecular formula is C100H98N12O4. The zero-order valence-corrected chi connectivity index (χ0v) is 65.7. The van der Waals surface area contributed by atoms with Crippen molar-refractivity contribution in [2.75, 3.05) is 0 Å². The first kappa shape index (κ1) is 75.8. The molecule has 3 saturated carbocycles. The summed E-state index contributed by atoms with van der Waals surface area (Å²) in [7, 11) is 0. The lowest BCUT2D eigenvalue weighted by atomic mass is 9.85. The largest absolute Gasteiger partial charge is 0.489 e. The first-order valence-electron chi connectivity index (χ1n) is 41.6. The van der Waals surface area contributed by atoms with Crippen molar-refractivity contribution in [2.45, 2.75) is 166 Å².